The summed E-state index contributed by atoms with van der Waals surface area (Å²) in [6.45, 7) is 7.02. The maximum atomic E-state index is 12.8. The van der Waals surface area contributed by atoms with Gasteiger partial charge in [-0.25, -0.2) is 4.98 Å². The quantitative estimate of drug-likeness (QED) is 0.342. The van der Waals surface area contributed by atoms with Crippen LogP contribution in [-0.2, 0) is 26.4 Å². The largest absolute Gasteiger partial charge is 0.405 e. The van der Waals surface area contributed by atoms with Gasteiger partial charge in [-0.3, -0.25) is 14.7 Å². The number of nitrogens with zero attached hydrogens (tertiary/aromatic N) is 3. The van der Waals surface area contributed by atoms with Gasteiger partial charge in [0.15, 0.2) is 0 Å². The monoisotopic (exact) mass is 534 g/mol. The number of aromatic nitrogens is 3. The zero-order chi connectivity index (χ0) is 27.3. The van der Waals surface area contributed by atoms with Gasteiger partial charge in [0.2, 0.25) is 5.91 Å². The van der Waals surface area contributed by atoms with Crippen LogP contribution in [0.4, 0.5) is 13.2 Å². The number of carbonyl (C=O) groups excluding carboxylic acids is 1. The topological polar surface area (TPSA) is 118 Å². The zero-order valence-corrected chi connectivity index (χ0v) is 21.5. The fourth-order valence-electron chi connectivity index (χ4n) is 4.44. The van der Waals surface area contributed by atoms with Gasteiger partial charge in [0, 0.05) is 66.5 Å². The van der Waals surface area contributed by atoms with E-state index in [2.05, 4.69) is 19.9 Å². The number of carbonyl (C=O) groups is 1. The molecule has 3 aromatic rings. The molecule has 38 heavy (non-hydrogen) atoms. The molecule has 0 radical (unpaired) electrons. The lowest BCUT2D eigenvalue weighted by molar-refractivity contribution is -0.143. The minimum absolute atomic E-state index is 0.314. The SMILES string of the molecule is CC(C)[C@@](N)(C(=O)NCC(F)(F)F)c1cncc(-c2c[nH]c3ncc(COCCN4CCOCC4)cc23)c1. The third-order valence-electron chi connectivity index (χ3n) is 6.77. The third kappa shape index (κ3) is 6.49. The number of hydrogen-bond acceptors (Lipinski definition) is 7. The number of fused-ring (bicyclic) bond motifs is 1. The van der Waals surface area contributed by atoms with Crippen LogP contribution in [0.5, 0.6) is 0 Å². The highest BCUT2D eigenvalue weighted by atomic mass is 19.4. The molecule has 12 heteroatoms. The minimum Gasteiger partial charge on any atom is -0.379 e. The fourth-order valence-corrected chi connectivity index (χ4v) is 4.44. The Balaban J connectivity index is 1.52. The molecule has 1 aliphatic rings. The Hall–Kier alpha value is -3.06. The molecule has 4 heterocycles. The van der Waals surface area contributed by atoms with Gasteiger partial charge in [-0.05, 0) is 23.6 Å². The molecule has 206 valence electrons. The number of hydrogen-bond donors (Lipinski definition) is 3. The molecule has 1 fully saturated rings. The molecule has 0 aliphatic carbocycles. The Bertz CT molecular complexity index is 1240. The summed E-state index contributed by atoms with van der Waals surface area (Å²) >= 11 is 0. The van der Waals surface area contributed by atoms with Crippen LogP contribution >= 0.6 is 0 Å². The number of rotatable bonds is 10. The van der Waals surface area contributed by atoms with Gasteiger partial charge in [0.05, 0.1) is 26.4 Å². The number of amides is 1. The summed E-state index contributed by atoms with van der Waals surface area (Å²) in [6.07, 6.45) is 2.01. The molecular formula is C26H33F3N6O3. The van der Waals surface area contributed by atoms with E-state index in [0.717, 1.165) is 49.4 Å². The summed E-state index contributed by atoms with van der Waals surface area (Å²) in [5.74, 6) is -1.42. The minimum atomic E-state index is -4.55. The first-order valence-corrected chi connectivity index (χ1v) is 12.5. The molecule has 1 aliphatic heterocycles. The van der Waals surface area contributed by atoms with Crippen LogP contribution < -0.4 is 11.1 Å². The van der Waals surface area contributed by atoms with Crippen LogP contribution in [0.3, 0.4) is 0 Å². The average molecular weight is 535 g/mol. The second kappa shape index (κ2) is 11.8. The van der Waals surface area contributed by atoms with Gasteiger partial charge in [0.1, 0.15) is 17.7 Å². The van der Waals surface area contributed by atoms with Crippen molar-refractivity contribution in [2.75, 3.05) is 46.0 Å². The van der Waals surface area contributed by atoms with Crippen LogP contribution in [0.1, 0.15) is 25.0 Å². The van der Waals surface area contributed by atoms with Crippen molar-refractivity contribution in [3.63, 3.8) is 0 Å². The number of nitrogens with one attached hydrogen (secondary N) is 2. The van der Waals surface area contributed by atoms with Gasteiger partial charge in [-0.15, -0.1) is 0 Å². The molecule has 1 saturated heterocycles. The summed E-state index contributed by atoms with van der Waals surface area (Å²) in [5, 5.41) is 2.75. The van der Waals surface area contributed by atoms with E-state index in [0.29, 0.717) is 30.0 Å². The second-order valence-electron chi connectivity index (χ2n) is 9.73. The standard InChI is InChI=1S/C26H33F3N6O3/c1-17(2)26(30,24(36)34-16-25(27,28)29)20-10-19(12-31-13-20)22-14-33-23-21(22)9-18(11-32-23)15-38-8-5-35-3-6-37-7-4-35/h9-14,17H,3-8,15-16,30H2,1-2H3,(H,32,33)(H,34,36)/t26-/m0/s1. The van der Waals surface area contributed by atoms with Crippen molar-refractivity contribution in [2.45, 2.75) is 32.2 Å². The summed E-state index contributed by atoms with van der Waals surface area (Å²) in [4.78, 5) is 27.0. The van der Waals surface area contributed by atoms with Crippen molar-refractivity contribution in [3.05, 3.63) is 48.0 Å². The van der Waals surface area contributed by atoms with Crippen molar-refractivity contribution >= 4 is 16.9 Å². The number of morpholine rings is 1. The van der Waals surface area contributed by atoms with Crippen molar-refractivity contribution in [1.29, 1.82) is 0 Å². The molecule has 0 saturated carbocycles. The van der Waals surface area contributed by atoms with Gasteiger partial charge >= 0.3 is 6.18 Å². The van der Waals surface area contributed by atoms with E-state index in [9.17, 15) is 18.0 Å². The van der Waals surface area contributed by atoms with Gasteiger partial charge in [-0.1, -0.05) is 13.8 Å². The van der Waals surface area contributed by atoms with Crippen LogP contribution in [-0.4, -0.2) is 77.9 Å². The molecule has 0 bridgehead atoms. The predicted octanol–water partition coefficient (Wildman–Crippen LogP) is 2.96. The van der Waals surface area contributed by atoms with E-state index < -0.39 is 30.1 Å². The summed E-state index contributed by atoms with van der Waals surface area (Å²) in [6, 6.07) is 3.66. The molecular weight excluding hydrogens is 501 g/mol. The molecule has 4 rings (SSSR count). The smallest absolute Gasteiger partial charge is 0.379 e. The molecule has 0 aromatic carbocycles. The van der Waals surface area contributed by atoms with Crippen molar-refractivity contribution in [3.8, 4) is 11.1 Å². The molecule has 9 nitrogen and oxygen atoms in total. The van der Waals surface area contributed by atoms with Gasteiger partial charge in [-0.2, -0.15) is 13.2 Å². The van der Waals surface area contributed by atoms with Crippen molar-refractivity contribution in [1.82, 2.24) is 25.2 Å². The van der Waals surface area contributed by atoms with Gasteiger partial charge in [0.25, 0.3) is 0 Å². The highest BCUT2D eigenvalue weighted by molar-refractivity contribution is 5.94. The second-order valence-corrected chi connectivity index (χ2v) is 9.73. The highest BCUT2D eigenvalue weighted by Gasteiger charge is 2.41. The Kier molecular flexibility index (Phi) is 8.66. The first-order chi connectivity index (χ1) is 18.1. The Labute approximate surface area is 218 Å². The lowest BCUT2D eigenvalue weighted by atomic mass is 9.80. The summed E-state index contributed by atoms with van der Waals surface area (Å²) in [7, 11) is 0. The van der Waals surface area contributed by atoms with Crippen LogP contribution in [0.15, 0.2) is 36.9 Å². The zero-order valence-electron chi connectivity index (χ0n) is 21.5. The van der Waals surface area contributed by atoms with E-state index in [1.165, 1.54) is 6.20 Å². The third-order valence-corrected chi connectivity index (χ3v) is 6.77. The molecule has 4 N–H and O–H groups in total. The number of nitrogens with two attached hydrogens (primary N) is 1. The van der Waals surface area contributed by atoms with E-state index in [4.69, 9.17) is 15.2 Å². The molecule has 3 aromatic heterocycles. The van der Waals surface area contributed by atoms with E-state index in [1.54, 1.807) is 38.5 Å². The van der Waals surface area contributed by atoms with E-state index in [-0.39, 0.29) is 0 Å². The first-order valence-electron chi connectivity index (χ1n) is 12.5. The number of H-pyrrole nitrogens is 1. The predicted molar refractivity (Wildman–Crippen MR) is 136 cm³/mol. The van der Waals surface area contributed by atoms with E-state index in [1.807, 2.05) is 11.4 Å². The lowest BCUT2D eigenvalue weighted by Crippen LogP contribution is -2.56. The highest BCUT2D eigenvalue weighted by Crippen LogP contribution is 2.33. The first kappa shape index (κ1) is 28.0. The maximum absolute atomic E-state index is 12.8. The van der Waals surface area contributed by atoms with Crippen molar-refractivity contribution in [2.24, 2.45) is 11.7 Å². The van der Waals surface area contributed by atoms with Gasteiger partial charge < -0.3 is 25.5 Å². The number of aromatic amines is 1. The fraction of sp³-hybridized carbons (Fsp3) is 0.500. The van der Waals surface area contributed by atoms with Crippen molar-refractivity contribution < 1.29 is 27.4 Å². The van der Waals surface area contributed by atoms with Crippen LogP contribution in [0.25, 0.3) is 22.2 Å². The Morgan fingerprint density at radius 2 is 2.00 bits per heavy atom. The number of alkyl halides is 3. The number of ether oxygens (including phenoxy) is 2. The summed E-state index contributed by atoms with van der Waals surface area (Å²) < 4.78 is 49.4. The van der Waals surface area contributed by atoms with E-state index >= 15 is 0 Å². The average Bonchev–Trinajstić information content (AvgIpc) is 3.32. The maximum Gasteiger partial charge on any atom is 0.405 e. The van der Waals surface area contributed by atoms with Crippen LogP contribution in [0.2, 0.25) is 0 Å². The normalized spacial score (nSPS) is 16.6. The lowest BCUT2D eigenvalue weighted by Gasteiger charge is -2.32. The Morgan fingerprint density at radius 3 is 2.71 bits per heavy atom. The Morgan fingerprint density at radius 1 is 1.24 bits per heavy atom. The molecule has 1 amide bonds. The molecule has 1 atom stereocenters. The summed E-state index contributed by atoms with van der Waals surface area (Å²) in [5.41, 5.74) is 8.04. The number of halogens is 3. The number of pyridine rings is 2. The van der Waals surface area contributed by atoms with Crippen LogP contribution in [0, 0.1) is 5.92 Å². The molecule has 0 spiro atoms. The molecule has 0 unspecified atom stereocenters.